The fourth-order valence-electron chi connectivity index (χ4n) is 2.46. The molecule has 0 heterocycles. The van der Waals surface area contributed by atoms with E-state index in [4.69, 9.17) is 15.2 Å². The number of nitrogen functional groups attached to an aromatic ring is 1. The minimum Gasteiger partial charge on any atom is -0.497 e. The van der Waals surface area contributed by atoms with Crippen LogP contribution in [0.25, 0.3) is 0 Å². The van der Waals surface area contributed by atoms with Gasteiger partial charge in [0.15, 0.2) is 5.78 Å². The Morgan fingerprint density at radius 1 is 1.12 bits per heavy atom. The fourth-order valence-corrected chi connectivity index (χ4v) is 2.46. The van der Waals surface area contributed by atoms with Crippen LogP contribution in [0.15, 0.2) is 42.5 Å². The number of hydrogen-bond acceptors (Lipinski definition) is 5. The summed E-state index contributed by atoms with van der Waals surface area (Å²) in [5.41, 5.74) is 8.10. The van der Waals surface area contributed by atoms with Gasteiger partial charge in [-0.15, -0.1) is 0 Å². The maximum Gasteiger partial charge on any atom is 0.179 e. The molecule has 2 rings (SSSR count). The van der Waals surface area contributed by atoms with Gasteiger partial charge in [0.2, 0.25) is 0 Å². The summed E-state index contributed by atoms with van der Waals surface area (Å²) in [5, 5.41) is 3.25. The van der Waals surface area contributed by atoms with Crippen LogP contribution in [0.1, 0.15) is 22.8 Å². The van der Waals surface area contributed by atoms with Gasteiger partial charge in [0.05, 0.1) is 25.9 Å². The van der Waals surface area contributed by atoms with E-state index in [0.717, 1.165) is 12.2 Å². The second-order valence-corrected chi connectivity index (χ2v) is 5.59. The van der Waals surface area contributed by atoms with Crippen molar-refractivity contribution in [2.75, 3.05) is 26.5 Å². The van der Waals surface area contributed by atoms with Crippen LogP contribution in [0.3, 0.4) is 0 Å². The molecule has 1 unspecified atom stereocenters. The highest BCUT2D eigenvalue weighted by atomic mass is 16.5. The first-order valence-electron chi connectivity index (χ1n) is 7.89. The lowest BCUT2D eigenvalue weighted by atomic mass is 10.0. The van der Waals surface area contributed by atoms with Crippen molar-refractivity contribution in [2.24, 2.45) is 0 Å². The summed E-state index contributed by atoms with van der Waals surface area (Å²) in [7, 11) is 3.20. The fraction of sp³-hybridized carbons (Fsp3) is 0.316. The van der Waals surface area contributed by atoms with Gasteiger partial charge < -0.3 is 20.5 Å². The molecule has 0 aliphatic rings. The van der Waals surface area contributed by atoms with Gasteiger partial charge in [-0.1, -0.05) is 12.1 Å². The van der Waals surface area contributed by atoms with E-state index >= 15 is 0 Å². The van der Waals surface area contributed by atoms with Gasteiger partial charge >= 0.3 is 0 Å². The SMILES string of the molecule is COc1ccc(CCNC(C)C(=O)c2ccc(OC)c(N)c2)cc1. The Morgan fingerprint density at radius 3 is 2.42 bits per heavy atom. The zero-order valence-electron chi connectivity index (χ0n) is 14.3. The number of nitrogens with two attached hydrogens (primary N) is 1. The molecule has 0 radical (unpaired) electrons. The minimum atomic E-state index is -0.281. The molecule has 2 aromatic carbocycles. The van der Waals surface area contributed by atoms with E-state index < -0.39 is 0 Å². The van der Waals surface area contributed by atoms with Crippen LogP contribution in [0.5, 0.6) is 11.5 Å². The Morgan fingerprint density at radius 2 is 1.83 bits per heavy atom. The highest BCUT2D eigenvalue weighted by molar-refractivity contribution is 6.00. The molecule has 5 heteroatoms. The number of rotatable bonds is 8. The maximum atomic E-state index is 12.4. The summed E-state index contributed by atoms with van der Waals surface area (Å²) in [6, 6.07) is 12.7. The summed E-state index contributed by atoms with van der Waals surface area (Å²) in [6.45, 7) is 2.57. The molecule has 0 aliphatic carbocycles. The van der Waals surface area contributed by atoms with Crippen molar-refractivity contribution in [1.82, 2.24) is 5.32 Å². The first-order chi connectivity index (χ1) is 11.5. The normalized spacial score (nSPS) is 11.8. The van der Waals surface area contributed by atoms with Gasteiger partial charge in [0.1, 0.15) is 11.5 Å². The lowest BCUT2D eigenvalue weighted by Gasteiger charge is -2.14. The second-order valence-electron chi connectivity index (χ2n) is 5.59. The topological polar surface area (TPSA) is 73.6 Å². The Labute approximate surface area is 142 Å². The first kappa shape index (κ1) is 17.8. The summed E-state index contributed by atoms with van der Waals surface area (Å²) in [5.74, 6) is 1.43. The van der Waals surface area contributed by atoms with Crippen LogP contribution < -0.4 is 20.5 Å². The quantitative estimate of drug-likeness (QED) is 0.576. The average Bonchev–Trinajstić information content (AvgIpc) is 2.61. The molecule has 1 atom stereocenters. The number of benzene rings is 2. The summed E-state index contributed by atoms with van der Waals surface area (Å²) in [4.78, 5) is 12.4. The van der Waals surface area contributed by atoms with Crippen LogP contribution in [0.4, 0.5) is 5.69 Å². The predicted octanol–water partition coefficient (Wildman–Crippen LogP) is 2.69. The van der Waals surface area contributed by atoms with Gasteiger partial charge in [-0.05, 0) is 55.8 Å². The Hall–Kier alpha value is -2.53. The van der Waals surface area contributed by atoms with Crippen molar-refractivity contribution >= 4 is 11.5 Å². The molecular formula is C19H24N2O3. The van der Waals surface area contributed by atoms with Gasteiger partial charge in [0.25, 0.3) is 0 Å². The van der Waals surface area contributed by atoms with Crippen LogP contribution in [-0.2, 0) is 6.42 Å². The van der Waals surface area contributed by atoms with Crippen molar-refractivity contribution in [3.63, 3.8) is 0 Å². The standard InChI is InChI=1S/C19H24N2O3/c1-13(19(22)15-6-9-18(24-3)17(20)12-15)21-11-10-14-4-7-16(23-2)8-5-14/h4-9,12-13,21H,10-11,20H2,1-3H3. The number of carbonyl (C=O) groups excluding carboxylic acids is 1. The minimum absolute atomic E-state index is 0.0130. The predicted molar refractivity (Wildman–Crippen MR) is 95.9 cm³/mol. The smallest absolute Gasteiger partial charge is 0.179 e. The number of anilines is 1. The third-order valence-electron chi connectivity index (χ3n) is 3.93. The van der Waals surface area contributed by atoms with E-state index in [1.807, 2.05) is 31.2 Å². The lowest BCUT2D eigenvalue weighted by Crippen LogP contribution is -2.35. The van der Waals surface area contributed by atoms with Crippen LogP contribution in [0, 0.1) is 0 Å². The van der Waals surface area contributed by atoms with Crippen molar-refractivity contribution in [3.05, 3.63) is 53.6 Å². The second kappa shape index (κ2) is 8.36. The van der Waals surface area contributed by atoms with Crippen LogP contribution >= 0.6 is 0 Å². The molecule has 2 aromatic rings. The Bertz CT molecular complexity index is 684. The van der Waals surface area contributed by atoms with E-state index in [1.165, 1.54) is 5.56 Å². The number of methoxy groups -OCH3 is 2. The largest absolute Gasteiger partial charge is 0.497 e. The number of ether oxygens (including phenoxy) is 2. The van der Waals surface area contributed by atoms with Crippen LogP contribution in [0.2, 0.25) is 0 Å². The third-order valence-corrected chi connectivity index (χ3v) is 3.93. The molecule has 0 amide bonds. The van der Waals surface area contributed by atoms with Gasteiger partial charge in [0, 0.05) is 5.56 Å². The molecule has 0 spiro atoms. The molecule has 0 aromatic heterocycles. The lowest BCUT2D eigenvalue weighted by molar-refractivity contribution is 0.0951. The number of Topliss-reactive ketones (excluding diaryl/α,β-unsaturated/α-hetero) is 1. The van der Waals surface area contributed by atoms with E-state index in [1.54, 1.807) is 32.4 Å². The molecule has 24 heavy (non-hydrogen) atoms. The van der Waals surface area contributed by atoms with E-state index in [0.29, 0.717) is 23.5 Å². The molecule has 0 fully saturated rings. The zero-order valence-corrected chi connectivity index (χ0v) is 14.3. The van der Waals surface area contributed by atoms with Crippen molar-refractivity contribution < 1.29 is 14.3 Å². The maximum absolute atomic E-state index is 12.4. The number of ketones is 1. The van der Waals surface area contributed by atoms with Gasteiger partial charge in [-0.2, -0.15) is 0 Å². The van der Waals surface area contributed by atoms with Crippen LogP contribution in [-0.4, -0.2) is 32.6 Å². The van der Waals surface area contributed by atoms with Gasteiger partial charge in [-0.3, -0.25) is 4.79 Å². The Balaban J connectivity index is 1.88. The zero-order chi connectivity index (χ0) is 17.5. The molecule has 5 nitrogen and oxygen atoms in total. The molecule has 0 aliphatic heterocycles. The van der Waals surface area contributed by atoms with E-state index in [9.17, 15) is 4.79 Å². The average molecular weight is 328 g/mol. The monoisotopic (exact) mass is 328 g/mol. The summed E-state index contributed by atoms with van der Waals surface area (Å²) < 4.78 is 10.2. The molecule has 128 valence electrons. The number of carbonyl (C=O) groups is 1. The third kappa shape index (κ3) is 4.49. The first-order valence-corrected chi connectivity index (χ1v) is 7.89. The highest BCUT2D eigenvalue weighted by Gasteiger charge is 2.15. The van der Waals surface area contributed by atoms with E-state index in [-0.39, 0.29) is 11.8 Å². The van der Waals surface area contributed by atoms with Crippen molar-refractivity contribution in [1.29, 1.82) is 0 Å². The van der Waals surface area contributed by atoms with Gasteiger partial charge in [-0.25, -0.2) is 0 Å². The molecule has 0 bridgehead atoms. The summed E-state index contributed by atoms with van der Waals surface area (Å²) in [6.07, 6.45) is 0.840. The highest BCUT2D eigenvalue weighted by Crippen LogP contribution is 2.22. The number of nitrogens with one attached hydrogen (secondary N) is 1. The molecule has 3 N–H and O–H groups in total. The van der Waals surface area contributed by atoms with E-state index in [2.05, 4.69) is 5.32 Å². The summed E-state index contributed by atoms with van der Waals surface area (Å²) >= 11 is 0. The Kier molecular flexibility index (Phi) is 6.21. The van der Waals surface area contributed by atoms with Crippen molar-refractivity contribution in [3.8, 4) is 11.5 Å². The molecule has 0 saturated carbocycles. The van der Waals surface area contributed by atoms with Crippen molar-refractivity contribution in [2.45, 2.75) is 19.4 Å². The molecule has 0 saturated heterocycles. The molecular weight excluding hydrogens is 304 g/mol. The number of hydrogen-bond donors (Lipinski definition) is 2.